The van der Waals surface area contributed by atoms with Crippen LogP contribution in [0.4, 0.5) is 11.4 Å². The van der Waals surface area contributed by atoms with Gasteiger partial charge in [0.15, 0.2) is 0 Å². The minimum atomic E-state index is -0.159. The molecule has 5 heteroatoms. The van der Waals surface area contributed by atoms with Crippen molar-refractivity contribution in [3.8, 4) is 0 Å². The second-order valence-electron chi connectivity index (χ2n) is 7.32. The van der Waals surface area contributed by atoms with Crippen LogP contribution in [-0.4, -0.2) is 10.9 Å². The number of anilines is 2. The highest BCUT2D eigenvalue weighted by molar-refractivity contribution is 7.21. The molecule has 4 rings (SSSR count). The largest absolute Gasteiger partial charge is 0.397 e. The van der Waals surface area contributed by atoms with Crippen molar-refractivity contribution >= 4 is 38.8 Å². The molecule has 3 N–H and O–H groups in total. The van der Waals surface area contributed by atoms with E-state index in [1.165, 1.54) is 41.0 Å². The minimum absolute atomic E-state index is 0.159. The molecule has 0 radical (unpaired) electrons. The molecule has 1 aliphatic carbocycles. The quantitative estimate of drug-likeness (QED) is 0.654. The van der Waals surface area contributed by atoms with Gasteiger partial charge in [-0.1, -0.05) is 32.4 Å². The fourth-order valence-electron chi connectivity index (χ4n) is 3.84. The summed E-state index contributed by atoms with van der Waals surface area (Å²) in [4.78, 5) is 19.1. The van der Waals surface area contributed by atoms with E-state index in [1.807, 2.05) is 18.2 Å². The highest BCUT2D eigenvalue weighted by atomic mass is 32.1. The minimum Gasteiger partial charge on any atom is -0.397 e. The average Bonchev–Trinajstić information content (AvgIpc) is 3.01. The number of nitrogens with zero attached hydrogens (tertiary/aromatic N) is 1. The van der Waals surface area contributed by atoms with Gasteiger partial charge in [-0.05, 0) is 60.9 Å². The van der Waals surface area contributed by atoms with Gasteiger partial charge < -0.3 is 11.1 Å². The Morgan fingerprint density at radius 1 is 1.33 bits per heavy atom. The van der Waals surface area contributed by atoms with Crippen LogP contribution in [0.2, 0.25) is 0 Å². The number of hydrogen-bond acceptors (Lipinski definition) is 4. The van der Waals surface area contributed by atoms with Gasteiger partial charge in [0.25, 0.3) is 5.91 Å². The molecule has 0 aliphatic heterocycles. The van der Waals surface area contributed by atoms with Gasteiger partial charge in [0.05, 0.1) is 5.69 Å². The molecular formula is C22H25N3OS. The predicted octanol–water partition coefficient (Wildman–Crippen LogP) is 5.21. The summed E-state index contributed by atoms with van der Waals surface area (Å²) < 4.78 is 0. The normalized spacial score (nSPS) is 16.3. The lowest BCUT2D eigenvalue weighted by molar-refractivity contribution is 0.103. The molecule has 140 valence electrons. The molecule has 4 nitrogen and oxygen atoms in total. The molecule has 0 unspecified atom stereocenters. The van der Waals surface area contributed by atoms with Gasteiger partial charge in [0.2, 0.25) is 0 Å². The number of carbonyl (C=O) groups is 1. The van der Waals surface area contributed by atoms with E-state index in [1.54, 1.807) is 0 Å². The van der Waals surface area contributed by atoms with Gasteiger partial charge in [-0.25, -0.2) is 4.98 Å². The molecule has 0 spiro atoms. The van der Waals surface area contributed by atoms with E-state index >= 15 is 0 Å². The summed E-state index contributed by atoms with van der Waals surface area (Å²) in [6.45, 7) is 4.35. The van der Waals surface area contributed by atoms with Gasteiger partial charge >= 0.3 is 0 Å². The van der Waals surface area contributed by atoms with Crippen LogP contribution in [0.1, 0.15) is 53.2 Å². The van der Waals surface area contributed by atoms with Crippen molar-refractivity contribution in [1.82, 2.24) is 4.98 Å². The molecule has 2 heterocycles. The lowest BCUT2D eigenvalue weighted by atomic mass is 9.85. The van der Waals surface area contributed by atoms with Crippen LogP contribution in [0.3, 0.4) is 0 Å². The number of nitrogens with one attached hydrogen (secondary N) is 1. The summed E-state index contributed by atoms with van der Waals surface area (Å²) in [5, 5.41) is 3.90. The molecule has 1 amide bonds. The van der Waals surface area contributed by atoms with Crippen molar-refractivity contribution in [2.75, 3.05) is 11.1 Å². The number of carbonyl (C=O) groups excluding carboxylic acids is 1. The van der Waals surface area contributed by atoms with Crippen LogP contribution >= 0.6 is 11.3 Å². The highest BCUT2D eigenvalue weighted by Gasteiger charge is 2.23. The summed E-state index contributed by atoms with van der Waals surface area (Å²) in [6.07, 6.45) is 5.41. The molecule has 27 heavy (non-hydrogen) atoms. The van der Waals surface area contributed by atoms with Gasteiger partial charge in [-0.3, -0.25) is 4.79 Å². The van der Waals surface area contributed by atoms with Gasteiger partial charge in [0, 0.05) is 16.8 Å². The summed E-state index contributed by atoms with van der Waals surface area (Å²) in [7, 11) is 0. The molecule has 0 bridgehead atoms. The predicted molar refractivity (Wildman–Crippen MR) is 114 cm³/mol. The monoisotopic (exact) mass is 379 g/mol. The first-order valence-electron chi connectivity index (χ1n) is 9.70. The zero-order valence-electron chi connectivity index (χ0n) is 15.8. The van der Waals surface area contributed by atoms with Gasteiger partial charge in [0.1, 0.15) is 9.71 Å². The summed E-state index contributed by atoms with van der Waals surface area (Å²) in [5.41, 5.74) is 11.4. The van der Waals surface area contributed by atoms with Crippen LogP contribution in [0, 0.1) is 5.92 Å². The van der Waals surface area contributed by atoms with Crippen molar-refractivity contribution in [1.29, 1.82) is 0 Å². The fraction of sp³-hybridized carbons (Fsp3) is 0.364. The van der Waals surface area contributed by atoms with Crippen LogP contribution < -0.4 is 11.1 Å². The number of benzene rings is 1. The standard InChI is InChI=1S/C22H25N3OS/c1-3-13-6-5-7-16(11-13)24-21(26)20-19(23)17-12-15-10-14(4-2)8-9-18(15)25-22(17)27-20/h5-7,11-12,14H,3-4,8-10,23H2,1-2H3,(H,24,26)/t14-/m0/s1. The third-order valence-electron chi connectivity index (χ3n) is 5.56. The molecule has 0 saturated carbocycles. The van der Waals surface area contributed by atoms with E-state index in [9.17, 15) is 4.79 Å². The Balaban J connectivity index is 1.66. The number of fused-ring (bicyclic) bond motifs is 2. The second-order valence-corrected chi connectivity index (χ2v) is 8.32. The van der Waals surface area contributed by atoms with Crippen molar-refractivity contribution < 1.29 is 4.79 Å². The number of pyridine rings is 1. The van der Waals surface area contributed by atoms with Crippen molar-refractivity contribution in [3.05, 3.63) is 52.0 Å². The fourth-order valence-corrected chi connectivity index (χ4v) is 4.83. The Morgan fingerprint density at radius 2 is 2.19 bits per heavy atom. The van der Waals surface area contributed by atoms with E-state index < -0.39 is 0 Å². The first-order valence-corrected chi connectivity index (χ1v) is 10.5. The molecule has 2 aromatic heterocycles. The van der Waals surface area contributed by atoms with Crippen molar-refractivity contribution in [2.24, 2.45) is 5.92 Å². The lowest BCUT2D eigenvalue weighted by Crippen LogP contribution is -2.14. The molecule has 0 fully saturated rings. The van der Waals surface area contributed by atoms with E-state index in [2.05, 4.69) is 31.3 Å². The van der Waals surface area contributed by atoms with E-state index in [0.717, 1.165) is 41.1 Å². The van der Waals surface area contributed by atoms with E-state index in [0.29, 0.717) is 10.6 Å². The number of nitrogen functional groups attached to an aromatic ring is 1. The average molecular weight is 380 g/mol. The first-order chi connectivity index (χ1) is 13.1. The molecule has 3 aromatic rings. The lowest BCUT2D eigenvalue weighted by Gasteiger charge is -2.22. The first kappa shape index (κ1) is 18.0. The van der Waals surface area contributed by atoms with Crippen LogP contribution in [-0.2, 0) is 19.3 Å². The zero-order chi connectivity index (χ0) is 19.0. The van der Waals surface area contributed by atoms with E-state index in [-0.39, 0.29) is 5.91 Å². The van der Waals surface area contributed by atoms with Crippen molar-refractivity contribution in [3.63, 3.8) is 0 Å². The molecular weight excluding hydrogens is 354 g/mol. The number of rotatable bonds is 4. The zero-order valence-corrected chi connectivity index (χ0v) is 16.7. The van der Waals surface area contributed by atoms with Crippen molar-refractivity contribution in [2.45, 2.75) is 46.0 Å². The van der Waals surface area contributed by atoms with Crippen LogP contribution in [0.5, 0.6) is 0 Å². The number of hydrogen-bond donors (Lipinski definition) is 2. The summed E-state index contributed by atoms with van der Waals surface area (Å²) >= 11 is 1.39. The number of nitrogens with two attached hydrogens (primary N) is 1. The maximum atomic E-state index is 12.8. The van der Waals surface area contributed by atoms with Gasteiger partial charge in [-0.15, -0.1) is 11.3 Å². The Bertz CT molecular complexity index is 1010. The number of aromatic nitrogens is 1. The molecule has 1 aromatic carbocycles. The van der Waals surface area contributed by atoms with Crippen LogP contribution in [0.15, 0.2) is 30.3 Å². The summed E-state index contributed by atoms with van der Waals surface area (Å²) in [5.74, 6) is 0.568. The molecule has 0 saturated heterocycles. The Labute approximate surface area is 163 Å². The van der Waals surface area contributed by atoms with Crippen LogP contribution in [0.25, 0.3) is 10.2 Å². The maximum absolute atomic E-state index is 12.8. The number of amides is 1. The van der Waals surface area contributed by atoms with E-state index in [4.69, 9.17) is 10.7 Å². The Hall–Kier alpha value is -2.40. The third-order valence-corrected chi connectivity index (χ3v) is 6.68. The number of thiophene rings is 1. The topological polar surface area (TPSA) is 68.0 Å². The SMILES string of the molecule is CCc1cccc(NC(=O)c2sc3nc4c(cc3c2N)C[C@@H](CC)CC4)c1. The number of aryl methyl sites for hydroxylation is 2. The molecule has 1 atom stereocenters. The Morgan fingerprint density at radius 3 is 2.96 bits per heavy atom. The summed E-state index contributed by atoms with van der Waals surface area (Å²) in [6, 6.07) is 10.1. The molecule has 1 aliphatic rings. The smallest absolute Gasteiger partial charge is 0.267 e. The highest BCUT2D eigenvalue weighted by Crippen LogP contribution is 2.37. The maximum Gasteiger partial charge on any atom is 0.267 e. The second kappa shape index (κ2) is 7.31. The van der Waals surface area contributed by atoms with Gasteiger partial charge in [-0.2, -0.15) is 0 Å². The Kier molecular flexibility index (Phi) is 4.87. The third kappa shape index (κ3) is 3.44.